The van der Waals surface area contributed by atoms with Crippen LogP contribution in [0.4, 0.5) is 0 Å². The Morgan fingerprint density at radius 1 is 1.17 bits per heavy atom. The van der Waals surface area contributed by atoms with Gasteiger partial charge in [-0.15, -0.1) is 11.3 Å². The fourth-order valence-corrected chi connectivity index (χ4v) is 4.60. The van der Waals surface area contributed by atoms with Crippen LogP contribution in [0.1, 0.15) is 29.6 Å². The monoisotopic (exact) mass is 408 g/mol. The van der Waals surface area contributed by atoms with Gasteiger partial charge in [-0.1, -0.05) is 36.4 Å². The van der Waals surface area contributed by atoms with Gasteiger partial charge < -0.3 is 15.6 Å². The molecule has 0 radical (unpaired) electrons. The fraction of sp³-hybridized carbons (Fsp3) is 0.364. The van der Waals surface area contributed by atoms with Gasteiger partial charge in [0.1, 0.15) is 5.82 Å². The molecule has 1 aliphatic heterocycles. The van der Waals surface area contributed by atoms with Crippen molar-refractivity contribution in [2.24, 2.45) is 4.99 Å². The largest absolute Gasteiger partial charge is 0.354 e. The first-order valence-electron chi connectivity index (χ1n) is 10.1. The van der Waals surface area contributed by atoms with E-state index in [1.54, 1.807) is 0 Å². The fourth-order valence-electron chi connectivity index (χ4n) is 3.74. The number of nitrogens with zero attached hydrogens (tertiary/aromatic N) is 3. The van der Waals surface area contributed by atoms with Gasteiger partial charge in [-0.3, -0.25) is 9.89 Å². The Balaban J connectivity index is 1.33. The molecule has 29 heavy (non-hydrogen) atoms. The Morgan fingerprint density at radius 3 is 2.72 bits per heavy atom. The highest BCUT2D eigenvalue weighted by molar-refractivity contribution is 7.10. The van der Waals surface area contributed by atoms with Gasteiger partial charge in [0.15, 0.2) is 5.96 Å². The van der Waals surface area contributed by atoms with Gasteiger partial charge in [0.2, 0.25) is 0 Å². The van der Waals surface area contributed by atoms with Crippen LogP contribution in [0.3, 0.4) is 0 Å². The number of aromatic amines is 1. The Bertz CT molecular complexity index is 897. The summed E-state index contributed by atoms with van der Waals surface area (Å²) in [6.07, 6.45) is 4.46. The standard InChI is InChI=1S/C22H28N6S/c1-23-22(25-15-19(20-10-7-13-29-20)28-11-5-6-12-28)26-16-21-24-14-18(27-21)17-8-3-2-4-9-17/h2-4,7-10,13-14,19H,5-6,11-12,15-16H2,1H3,(H,24,27)(H2,23,25,26). The molecule has 1 fully saturated rings. The first kappa shape index (κ1) is 19.7. The second kappa shape index (κ2) is 9.71. The van der Waals surface area contributed by atoms with E-state index in [1.807, 2.05) is 42.8 Å². The maximum atomic E-state index is 4.49. The van der Waals surface area contributed by atoms with Crippen molar-refractivity contribution in [3.05, 3.63) is 64.7 Å². The van der Waals surface area contributed by atoms with Gasteiger partial charge >= 0.3 is 0 Å². The molecule has 1 atom stereocenters. The van der Waals surface area contributed by atoms with Crippen molar-refractivity contribution in [3.63, 3.8) is 0 Å². The zero-order chi connectivity index (χ0) is 19.9. The lowest BCUT2D eigenvalue weighted by Gasteiger charge is -2.27. The lowest BCUT2D eigenvalue weighted by Crippen LogP contribution is -2.42. The number of thiophene rings is 1. The SMILES string of the molecule is CN=C(NCc1ncc(-c2ccccc2)[nH]1)NCC(c1cccs1)N1CCCC1. The lowest BCUT2D eigenvalue weighted by molar-refractivity contribution is 0.249. The summed E-state index contributed by atoms with van der Waals surface area (Å²) in [5.74, 6) is 1.68. The summed E-state index contributed by atoms with van der Waals surface area (Å²) in [7, 11) is 1.81. The molecule has 4 rings (SSSR count). The van der Waals surface area contributed by atoms with Gasteiger partial charge in [-0.2, -0.15) is 0 Å². The molecular formula is C22H28N6S. The maximum absolute atomic E-state index is 4.49. The molecule has 0 bridgehead atoms. The van der Waals surface area contributed by atoms with E-state index in [0.29, 0.717) is 12.6 Å². The van der Waals surface area contributed by atoms with E-state index in [1.165, 1.54) is 30.8 Å². The van der Waals surface area contributed by atoms with E-state index in [4.69, 9.17) is 0 Å². The molecule has 2 aromatic heterocycles. The number of nitrogens with one attached hydrogen (secondary N) is 3. The van der Waals surface area contributed by atoms with Crippen LogP contribution < -0.4 is 10.6 Å². The van der Waals surface area contributed by atoms with Crippen LogP contribution in [-0.2, 0) is 6.54 Å². The number of hydrogen-bond donors (Lipinski definition) is 3. The molecule has 1 aromatic carbocycles. The third-order valence-corrected chi connectivity index (χ3v) is 6.25. The average molecular weight is 409 g/mol. The highest BCUT2D eigenvalue weighted by Crippen LogP contribution is 2.27. The van der Waals surface area contributed by atoms with Gasteiger partial charge in [0.25, 0.3) is 0 Å². The summed E-state index contributed by atoms with van der Waals surface area (Å²) in [6, 6.07) is 15.0. The number of likely N-dealkylation sites (tertiary alicyclic amines) is 1. The smallest absolute Gasteiger partial charge is 0.191 e. The van der Waals surface area contributed by atoms with Crippen LogP contribution in [0, 0.1) is 0 Å². The second-order valence-electron chi connectivity index (χ2n) is 7.19. The minimum atomic E-state index is 0.393. The van der Waals surface area contributed by atoms with Crippen LogP contribution in [-0.4, -0.2) is 47.5 Å². The quantitative estimate of drug-likeness (QED) is 0.412. The number of benzene rings is 1. The molecule has 3 aromatic rings. The number of aliphatic imine (C=N–C) groups is 1. The Labute approximate surface area is 176 Å². The number of H-pyrrole nitrogens is 1. The van der Waals surface area contributed by atoms with Crippen molar-refractivity contribution in [2.45, 2.75) is 25.4 Å². The lowest BCUT2D eigenvalue weighted by atomic mass is 10.2. The second-order valence-corrected chi connectivity index (χ2v) is 8.17. The maximum Gasteiger partial charge on any atom is 0.191 e. The predicted molar refractivity (Wildman–Crippen MR) is 120 cm³/mol. The van der Waals surface area contributed by atoms with Crippen molar-refractivity contribution in [1.82, 2.24) is 25.5 Å². The van der Waals surface area contributed by atoms with E-state index in [-0.39, 0.29) is 0 Å². The zero-order valence-corrected chi connectivity index (χ0v) is 17.6. The van der Waals surface area contributed by atoms with E-state index in [0.717, 1.165) is 29.6 Å². The van der Waals surface area contributed by atoms with Crippen molar-refractivity contribution in [1.29, 1.82) is 0 Å². The minimum Gasteiger partial charge on any atom is -0.354 e. The molecule has 1 saturated heterocycles. The van der Waals surface area contributed by atoms with E-state index < -0.39 is 0 Å². The van der Waals surface area contributed by atoms with E-state index in [2.05, 4.69) is 60.1 Å². The summed E-state index contributed by atoms with van der Waals surface area (Å²) in [5, 5.41) is 9.04. The zero-order valence-electron chi connectivity index (χ0n) is 16.8. The molecule has 3 heterocycles. The average Bonchev–Trinajstić information content (AvgIpc) is 3.54. The Kier molecular flexibility index (Phi) is 6.59. The van der Waals surface area contributed by atoms with Crippen molar-refractivity contribution in [2.75, 3.05) is 26.7 Å². The van der Waals surface area contributed by atoms with Gasteiger partial charge in [0, 0.05) is 18.5 Å². The van der Waals surface area contributed by atoms with E-state index >= 15 is 0 Å². The van der Waals surface area contributed by atoms with Crippen LogP contribution in [0.5, 0.6) is 0 Å². The third-order valence-electron chi connectivity index (χ3n) is 5.28. The molecule has 0 saturated carbocycles. The number of aromatic nitrogens is 2. The highest BCUT2D eigenvalue weighted by Gasteiger charge is 2.24. The molecule has 0 aliphatic carbocycles. The van der Waals surface area contributed by atoms with Gasteiger partial charge in [0.05, 0.1) is 24.5 Å². The highest BCUT2D eigenvalue weighted by atomic mass is 32.1. The topological polar surface area (TPSA) is 68.3 Å². The summed E-state index contributed by atoms with van der Waals surface area (Å²) < 4.78 is 0. The molecule has 1 unspecified atom stereocenters. The summed E-state index contributed by atoms with van der Waals surface area (Å²) in [5.41, 5.74) is 2.16. The summed E-state index contributed by atoms with van der Waals surface area (Å²) in [6.45, 7) is 3.78. The molecule has 3 N–H and O–H groups in total. The third kappa shape index (κ3) is 5.05. The number of hydrogen-bond acceptors (Lipinski definition) is 4. The number of guanidine groups is 1. The molecule has 0 spiro atoms. The summed E-state index contributed by atoms with van der Waals surface area (Å²) in [4.78, 5) is 16.2. The van der Waals surface area contributed by atoms with Crippen molar-refractivity contribution >= 4 is 17.3 Å². The van der Waals surface area contributed by atoms with Crippen molar-refractivity contribution < 1.29 is 0 Å². The van der Waals surface area contributed by atoms with Crippen LogP contribution in [0.25, 0.3) is 11.3 Å². The van der Waals surface area contributed by atoms with Gasteiger partial charge in [-0.05, 0) is 42.9 Å². The molecule has 0 amide bonds. The number of rotatable bonds is 7. The molecule has 6 nitrogen and oxygen atoms in total. The normalized spacial score (nSPS) is 16.1. The van der Waals surface area contributed by atoms with Gasteiger partial charge in [-0.25, -0.2) is 4.98 Å². The molecule has 152 valence electrons. The molecule has 7 heteroatoms. The minimum absolute atomic E-state index is 0.393. The number of imidazole rings is 1. The molecular weight excluding hydrogens is 380 g/mol. The van der Waals surface area contributed by atoms with Crippen LogP contribution in [0.2, 0.25) is 0 Å². The van der Waals surface area contributed by atoms with Crippen LogP contribution >= 0.6 is 11.3 Å². The Hall–Kier alpha value is -2.64. The predicted octanol–water partition coefficient (Wildman–Crippen LogP) is 3.64. The van der Waals surface area contributed by atoms with Crippen LogP contribution in [0.15, 0.2) is 59.0 Å². The van der Waals surface area contributed by atoms with Crippen molar-refractivity contribution in [3.8, 4) is 11.3 Å². The molecule has 1 aliphatic rings. The first-order valence-corrected chi connectivity index (χ1v) is 11.0. The summed E-state index contributed by atoms with van der Waals surface area (Å²) >= 11 is 1.83. The van der Waals surface area contributed by atoms with E-state index in [9.17, 15) is 0 Å². The Morgan fingerprint density at radius 2 is 2.00 bits per heavy atom. The first-order chi connectivity index (χ1) is 14.3.